The molecule has 1 aromatic heterocycles. The zero-order chi connectivity index (χ0) is 16.8. The number of hydrogen-bond acceptors (Lipinski definition) is 4. The van der Waals surface area contributed by atoms with Gasteiger partial charge >= 0.3 is 0 Å². The molecule has 0 saturated heterocycles. The smallest absolute Gasteiger partial charge is 0.193 e. The van der Waals surface area contributed by atoms with Crippen molar-refractivity contribution in [2.24, 2.45) is 10.7 Å². The summed E-state index contributed by atoms with van der Waals surface area (Å²) in [5.74, 6) is 1.25. The standard InChI is InChI=1S/C17H24N4OS/c1-11(2)22-15-7-5-14(6-8-15)21-17(18)19-10-9-16-20-12(3)13(4)23-16/h5-8,11H,9-10H2,1-4H3,(H3,18,19,21). The van der Waals surface area contributed by atoms with Gasteiger partial charge in [0, 0.05) is 23.5 Å². The third kappa shape index (κ3) is 5.56. The maximum atomic E-state index is 5.91. The highest BCUT2D eigenvalue weighted by molar-refractivity contribution is 7.11. The molecule has 0 atom stereocenters. The van der Waals surface area contributed by atoms with Crippen LogP contribution < -0.4 is 15.8 Å². The SMILES string of the molecule is Cc1nc(CCN=C(N)Nc2ccc(OC(C)C)cc2)sc1C. The largest absolute Gasteiger partial charge is 0.491 e. The van der Waals surface area contributed by atoms with E-state index >= 15 is 0 Å². The molecule has 1 heterocycles. The summed E-state index contributed by atoms with van der Waals surface area (Å²) in [5, 5.41) is 4.18. The van der Waals surface area contributed by atoms with Crippen LogP contribution in [0, 0.1) is 13.8 Å². The fourth-order valence-electron chi connectivity index (χ4n) is 1.99. The molecule has 124 valence electrons. The lowest BCUT2D eigenvalue weighted by atomic mass is 10.3. The lowest BCUT2D eigenvalue weighted by Crippen LogP contribution is -2.23. The van der Waals surface area contributed by atoms with Crippen LogP contribution in [0.15, 0.2) is 29.3 Å². The summed E-state index contributed by atoms with van der Waals surface area (Å²) in [6.45, 7) is 8.74. The molecule has 0 aliphatic carbocycles. The molecule has 0 unspecified atom stereocenters. The molecule has 0 spiro atoms. The summed E-state index contributed by atoms with van der Waals surface area (Å²) < 4.78 is 5.60. The number of guanidine groups is 1. The van der Waals surface area contributed by atoms with Crippen LogP contribution in [0.5, 0.6) is 5.75 Å². The molecular formula is C17H24N4OS. The Hall–Kier alpha value is -2.08. The number of benzene rings is 1. The van der Waals surface area contributed by atoms with E-state index in [0.29, 0.717) is 12.5 Å². The van der Waals surface area contributed by atoms with Gasteiger partial charge in [-0.05, 0) is 52.0 Å². The zero-order valence-electron chi connectivity index (χ0n) is 14.1. The van der Waals surface area contributed by atoms with Crippen LogP contribution in [-0.4, -0.2) is 23.6 Å². The maximum Gasteiger partial charge on any atom is 0.193 e. The molecule has 0 saturated carbocycles. The molecule has 2 aromatic rings. The Morgan fingerprint density at radius 1 is 1.30 bits per heavy atom. The van der Waals surface area contributed by atoms with E-state index in [1.807, 2.05) is 45.0 Å². The number of nitrogens with one attached hydrogen (secondary N) is 1. The highest BCUT2D eigenvalue weighted by Gasteiger charge is 2.03. The first-order chi connectivity index (χ1) is 10.9. The average molecular weight is 332 g/mol. The first-order valence-electron chi connectivity index (χ1n) is 7.70. The van der Waals surface area contributed by atoms with Gasteiger partial charge in [-0.2, -0.15) is 0 Å². The molecule has 1 aromatic carbocycles. The van der Waals surface area contributed by atoms with E-state index in [-0.39, 0.29) is 6.10 Å². The molecule has 0 radical (unpaired) electrons. The number of rotatable bonds is 6. The van der Waals surface area contributed by atoms with Crippen molar-refractivity contribution in [1.82, 2.24) is 4.98 Å². The van der Waals surface area contributed by atoms with Gasteiger partial charge < -0.3 is 15.8 Å². The van der Waals surface area contributed by atoms with Gasteiger partial charge in [0.1, 0.15) is 5.75 Å². The molecule has 0 amide bonds. The van der Waals surface area contributed by atoms with E-state index in [2.05, 4.69) is 22.2 Å². The van der Waals surface area contributed by atoms with Crippen LogP contribution in [0.2, 0.25) is 0 Å². The second kappa shape index (κ2) is 7.97. The van der Waals surface area contributed by atoms with Gasteiger partial charge in [0.2, 0.25) is 0 Å². The number of anilines is 1. The Labute approximate surface area is 141 Å². The van der Waals surface area contributed by atoms with Crippen molar-refractivity contribution in [3.63, 3.8) is 0 Å². The Kier molecular flexibility index (Phi) is 5.98. The quantitative estimate of drug-likeness (QED) is 0.627. The van der Waals surface area contributed by atoms with E-state index in [9.17, 15) is 0 Å². The van der Waals surface area contributed by atoms with Gasteiger partial charge in [-0.25, -0.2) is 4.98 Å². The molecular weight excluding hydrogens is 308 g/mol. The normalized spacial score (nSPS) is 11.8. The van der Waals surface area contributed by atoms with E-state index < -0.39 is 0 Å². The number of nitrogens with two attached hydrogens (primary N) is 1. The fraction of sp³-hybridized carbons (Fsp3) is 0.412. The number of nitrogens with zero attached hydrogens (tertiary/aromatic N) is 2. The lowest BCUT2D eigenvalue weighted by Gasteiger charge is -2.10. The first-order valence-corrected chi connectivity index (χ1v) is 8.52. The van der Waals surface area contributed by atoms with Crippen LogP contribution in [0.4, 0.5) is 5.69 Å². The second-order valence-corrected chi connectivity index (χ2v) is 6.87. The van der Waals surface area contributed by atoms with Crippen molar-refractivity contribution in [2.75, 3.05) is 11.9 Å². The van der Waals surface area contributed by atoms with Crippen LogP contribution in [0.25, 0.3) is 0 Å². The van der Waals surface area contributed by atoms with Crippen molar-refractivity contribution in [3.8, 4) is 5.75 Å². The summed E-state index contributed by atoms with van der Waals surface area (Å²) in [5.41, 5.74) is 7.91. The molecule has 0 aliphatic heterocycles. The molecule has 6 heteroatoms. The van der Waals surface area contributed by atoms with Crippen molar-refractivity contribution in [2.45, 2.75) is 40.2 Å². The van der Waals surface area contributed by atoms with E-state index in [4.69, 9.17) is 10.5 Å². The Balaban J connectivity index is 1.84. The van der Waals surface area contributed by atoms with Gasteiger partial charge in [0.25, 0.3) is 0 Å². The van der Waals surface area contributed by atoms with E-state index in [1.165, 1.54) is 4.88 Å². The average Bonchev–Trinajstić information content (AvgIpc) is 2.79. The van der Waals surface area contributed by atoms with Gasteiger partial charge in [-0.3, -0.25) is 4.99 Å². The highest BCUT2D eigenvalue weighted by Crippen LogP contribution is 2.17. The third-order valence-corrected chi connectivity index (χ3v) is 4.31. The monoisotopic (exact) mass is 332 g/mol. The number of aliphatic imine (C=N–C) groups is 1. The van der Waals surface area contributed by atoms with Gasteiger partial charge in [0.05, 0.1) is 16.8 Å². The van der Waals surface area contributed by atoms with Gasteiger partial charge in [-0.15, -0.1) is 11.3 Å². The minimum atomic E-state index is 0.165. The topological polar surface area (TPSA) is 72.5 Å². The Morgan fingerprint density at radius 2 is 2.00 bits per heavy atom. The first kappa shape index (κ1) is 17.3. The van der Waals surface area contributed by atoms with Crippen LogP contribution in [0.1, 0.15) is 29.4 Å². The minimum Gasteiger partial charge on any atom is -0.491 e. The number of hydrogen-bond donors (Lipinski definition) is 2. The molecule has 2 rings (SSSR count). The molecule has 0 fully saturated rings. The van der Waals surface area contributed by atoms with Crippen LogP contribution >= 0.6 is 11.3 Å². The van der Waals surface area contributed by atoms with Gasteiger partial charge in [0.15, 0.2) is 5.96 Å². The predicted molar refractivity (Wildman–Crippen MR) is 97.6 cm³/mol. The van der Waals surface area contributed by atoms with Crippen molar-refractivity contribution < 1.29 is 4.74 Å². The maximum absolute atomic E-state index is 5.91. The number of aromatic nitrogens is 1. The summed E-state index contributed by atoms with van der Waals surface area (Å²) in [6, 6.07) is 7.68. The molecule has 0 bridgehead atoms. The predicted octanol–water partition coefficient (Wildman–Crippen LogP) is 3.52. The molecule has 5 nitrogen and oxygen atoms in total. The summed E-state index contributed by atoms with van der Waals surface area (Å²) in [7, 11) is 0. The number of aryl methyl sites for hydroxylation is 2. The van der Waals surface area contributed by atoms with Crippen molar-refractivity contribution in [1.29, 1.82) is 0 Å². The van der Waals surface area contributed by atoms with Gasteiger partial charge in [-0.1, -0.05) is 0 Å². The lowest BCUT2D eigenvalue weighted by molar-refractivity contribution is 0.242. The summed E-state index contributed by atoms with van der Waals surface area (Å²) >= 11 is 1.72. The van der Waals surface area contributed by atoms with Crippen LogP contribution in [0.3, 0.4) is 0 Å². The third-order valence-electron chi connectivity index (χ3n) is 3.18. The highest BCUT2D eigenvalue weighted by atomic mass is 32.1. The van der Waals surface area contributed by atoms with Crippen molar-refractivity contribution in [3.05, 3.63) is 39.8 Å². The van der Waals surface area contributed by atoms with E-state index in [1.54, 1.807) is 11.3 Å². The Bertz CT molecular complexity index is 642. The fourth-order valence-corrected chi connectivity index (χ4v) is 2.92. The molecule has 0 aliphatic rings. The zero-order valence-corrected chi connectivity index (χ0v) is 14.9. The van der Waals surface area contributed by atoms with E-state index in [0.717, 1.165) is 28.6 Å². The Morgan fingerprint density at radius 3 is 2.57 bits per heavy atom. The second-order valence-electron chi connectivity index (χ2n) is 5.58. The van der Waals surface area contributed by atoms with Crippen molar-refractivity contribution >= 4 is 23.0 Å². The molecule has 23 heavy (non-hydrogen) atoms. The number of ether oxygens (including phenoxy) is 1. The molecule has 3 N–H and O–H groups in total. The van der Waals surface area contributed by atoms with Crippen LogP contribution in [-0.2, 0) is 6.42 Å². The minimum absolute atomic E-state index is 0.165. The summed E-state index contributed by atoms with van der Waals surface area (Å²) in [4.78, 5) is 10.1. The number of thiazole rings is 1. The summed E-state index contributed by atoms with van der Waals surface area (Å²) in [6.07, 6.45) is 0.974.